The molecular formula is C23H32N4O3. The van der Waals surface area contributed by atoms with Gasteiger partial charge in [-0.15, -0.1) is 0 Å². The van der Waals surface area contributed by atoms with Gasteiger partial charge >= 0.3 is 6.09 Å². The molecule has 1 aromatic heterocycles. The Morgan fingerprint density at radius 3 is 2.67 bits per heavy atom. The maximum Gasteiger partial charge on any atom is 0.410 e. The van der Waals surface area contributed by atoms with Crippen LogP contribution >= 0.6 is 0 Å². The number of aryl methyl sites for hydroxylation is 1. The van der Waals surface area contributed by atoms with Gasteiger partial charge in [-0.1, -0.05) is 30.3 Å². The minimum atomic E-state index is -0.506. The number of hydrogen-bond acceptors (Lipinski definition) is 4. The zero-order chi connectivity index (χ0) is 21.7. The molecule has 30 heavy (non-hydrogen) atoms. The molecule has 0 spiro atoms. The summed E-state index contributed by atoms with van der Waals surface area (Å²) in [4.78, 5) is 26.9. The van der Waals surface area contributed by atoms with Gasteiger partial charge in [-0.25, -0.2) is 4.79 Å². The third kappa shape index (κ3) is 5.84. The van der Waals surface area contributed by atoms with Crippen LogP contribution in [0.1, 0.15) is 55.2 Å². The first-order valence-electron chi connectivity index (χ1n) is 10.5. The molecule has 0 bridgehead atoms. The van der Waals surface area contributed by atoms with E-state index in [4.69, 9.17) is 4.74 Å². The number of rotatable bonds is 5. The summed E-state index contributed by atoms with van der Waals surface area (Å²) in [6.07, 6.45) is 3.88. The van der Waals surface area contributed by atoms with Crippen molar-refractivity contribution in [1.29, 1.82) is 0 Å². The number of carbonyl (C=O) groups excluding carboxylic acids is 2. The van der Waals surface area contributed by atoms with Crippen LogP contribution in [0.2, 0.25) is 0 Å². The molecule has 1 N–H and O–H groups in total. The van der Waals surface area contributed by atoms with E-state index in [1.807, 2.05) is 58.2 Å². The highest BCUT2D eigenvalue weighted by Gasteiger charge is 2.28. The number of carbonyl (C=O) groups is 2. The molecule has 1 atom stereocenters. The monoisotopic (exact) mass is 412 g/mol. The minimum Gasteiger partial charge on any atom is -0.444 e. The lowest BCUT2D eigenvalue weighted by molar-refractivity contribution is 0.0167. The fraction of sp³-hybridized carbons (Fsp3) is 0.522. The van der Waals surface area contributed by atoms with E-state index in [0.717, 1.165) is 24.1 Å². The number of likely N-dealkylation sites (tertiary alicyclic amines) is 1. The molecule has 1 aromatic carbocycles. The Morgan fingerprint density at radius 1 is 1.23 bits per heavy atom. The lowest BCUT2D eigenvalue weighted by Gasteiger charge is -2.34. The van der Waals surface area contributed by atoms with E-state index in [9.17, 15) is 9.59 Å². The summed E-state index contributed by atoms with van der Waals surface area (Å²) in [5.74, 6) is 0.0906. The first-order chi connectivity index (χ1) is 14.2. The van der Waals surface area contributed by atoms with E-state index in [1.165, 1.54) is 0 Å². The predicted molar refractivity (Wildman–Crippen MR) is 115 cm³/mol. The van der Waals surface area contributed by atoms with Crippen molar-refractivity contribution in [1.82, 2.24) is 20.0 Å². The zero-order valence-corrected chi connectivity index (χ0v) is 18.4. The summed E-state index contributed by atoms with van der Waals surface area (Å²) in [6.45, 7) is 7.43. The topological polar surface area (TPSA) is 76.5 Å². The lowest BCUT2D eigenvalue weighted by atomic mass is 9.98. The number of piperidine rings is 1. The largest absolute Gasteiger partial charge is 0.444 e. The minimum absolute atomic E-state index is 0.122. The molecule has 1 saturated heterocycles. The van der Waals surface area contributed by atoms with E-state index in [1.54, 1.807) is 15.8 Å². The van der Waals surface area contributed by atoms with Crippen molar-refractivity contribution in [3.63, 3.8) is 0 Å². The second-order valence-corrected chi connectivity index (χ2v) is 8.94. The van der Waals surface area contributed by atoms with Crippen molar-refractivity contribution in [3.05, 3.63) is 53.3 Å². The fourth-order valence-electron chi connectivity index (χ4n) is 3.71. The summed E-state index contributed by atoms with van der Waals surface area (Å²) in [7, 11) is 1.86. The highest BCUT2D eigenvalue weighted by molar-refractivity contribution is 5.95. The molecule has 3 rings (SSSR count). The summed E-state index contributed by atoms with van der Waals surface area (Å²) in [5, 5.41) is 7.33. The van der Waals surface area contributed by atoms with Gasteiger partial charge in [0.2, 0.25) is 0 Å². The summed E-state index contributed by atoms with van der Waals surface area (Å²) in [6, 6.07) is 10.0. The lowest BCUT2D eigenvalue weighted by Crippen LogP contribution is -2.45. The van der Waals surface area contributed by atoms with Gasteiger partial charge in [0, 0.05) is 33.1 Å². The summed E-state index contributed by atoms with van der Waals surface area (Å²) in [5.41, 5.74) is 2.11. The SMILES string of the molecule is Cn1ncc(C(=O)NCC2CCCN(C(=O)OC(C)(C)C)C2)c1Cc1ccccc1. The average molecular weight is 413 g/mol. The number of nitrogens with zero attached hydrogens (tertiary/aromatic N) is 3. The highest BCUT2D eigenvalue weighted by Crippen LogP contribution is 2.19. The maximum atomic E-state index is 12.8. The number of amides is 2. The van der Waals surface area contributed by atoms with Crippen molar-refractivity contribution in [3.8, 4) is 0 Å². The maximum absolute atomic E-state index is 12.8. The van der Waals surface area contributed by atoms with Crippen molar-refractivity contribution >= 4 is 12.0 Å². The van der Waals surface area contributed by atoms with Gasteiger partial charge in [-0.05, 0) is 45.1 Å². The molecule has 2 amide bonds. The fourth-order valence-corrected chi connectivity index (χ4v) is 3.71. The quantitative estimate of drug-likeness (QED) is 0.817. The number of aromatic nitrogens is 2. The van der Waals surface area contributed by atoms with Gasteiger partial charge in [0.1, 0.15) is 5.60 Å². The number of ether oxygens (including phenoxy) is 1. The van der Waals surface area contributed by atoms with Crippen LogP contribution in [0.4, 0.5) is 4.79 Å². The van der Waals surface area contributed by atoms with Crippen molar-refractivity contribution in [2.75, 3.05) is 19.6 Å². The van der Waals surface area contributed by atoms with E-state index >= 15 is 0 Å². The Kier molecular flexibility index (Phi) is 6.80. The number of hydrogen-bond donors (Lipinski definition) is 1. The standard InChI is InChI=1S/C23H32N4O3/c1-23(2,3)30-22(29)27-12-8-11-18(16-27)14-24-21(28)19-15-25-26(4)20(19)13-17-9-6-5-7-10-17/h5-7,9-10,15,18H,8,11-14,16H2,1-4H3,(H,24,28). The van der Waals surface area contributed by atoms with E-state index < -0.39 is 5.60 Å². The number of benzene rings is 1. The van der Waals surface area contributed by atoms with Crippen LogP contribution in [0.5, 0.6) is 0 Å². The van der Waals surface area contributed by atoms with Gasteiger partial charge in [-0.2, -0.15) is 5.10 Å². The van der Waals surface area contributed by atoms with Gasteiger partial charge in [0.25, 0.3) is 5.91 Å². The molecule has 162 valence electrons. The predicted octanol–water partition coefficient (Wildman–Crippen LogP) is 3.39. The molecule has 1 unspecified atom stereocenters. The van der Waals surface area contributed by atoms with E-state index in [0.29, 0.717) is 31.6 Å². The third-order valence-corrected chi connectivity index (χ3v) is 5.24. The molecule has 7 heteroatoms. The van der Waals surface area contributed by atoms with Crippen LogP contribution in [-0.4, -0.2) is 51.9 Å². The molecule has 2 aromatic rings. The Balaban J connectivity index is 1.57. The first kappa shape index (κ1) is 21.9. The van der Waals surface area contributed by atoms with Gasteiger partial charge < -0.3 is 15.0 Å². The average Bonchev–Trinajstić information content (AvgIpc) is 3.06. The highest BCUT2D eigenvalue weighted by atomic mass is 16.6. The molecule has 1 fully saturated rings. The molecule has 2 heterocycles. The summed E-state index contributed by atoms with van der Waals surface area (Å²) >= 11 is 0. The van der Waals surface area contributed by atoms with Crippen molar-refractivity contribution in [2.45, 2.75) is 45.6 Å². The molecule has 7 nitrogen and oxygen atoms in total. The van der Waals surface area contributed by atoms with E-state index in [-0.39, 0.29) is 17.9 Å². The van der Waals surface area contributed by atoms with Gasteiger partial charge in [0.15, 0.2) is 0 Å². The van der Waals surface area contributed by atoms with Crippen molar-refractivity contribution < 1.29 is 14.3 Å². The number of nitrogens with one attached hydrogen (secondary N) is 1. The van der Waals surface area contributed by atoms with Crippen LogP contribution in [0, 0.1) is 5.92 Å². The Morgan fingerprint density at radius 2 is 1.97 bits per heavy atom. The third-order valence-electron chi connectivity index (χ3n) is 5.24. The first-order valence-corrected chi connectivity index (χ1v) is 10.5. The smallest absolute Gasteiger partial charge is 0.410 e. The molecule has 0 aliphatic carbocycles. The van der Waals surface area contributed by atoms with E-state index in [2.05, 4.69) is 10.4 Å². The molecule has 1 aliphatic heterocycles. The molecule has 0 radical (unpaired) electrons. The Bertz CT molecular complexity index is 870. The van der Waals surface area contributed by atoms with Crippen LogP contribution in [0.3, 0.4) is 0 Å². The molecule has 0 saturated carbocycles. The zero-order valence-electron chi connectivity index (χ0n) is 18.4. The van der Waals surface area contributed by atoms with Gasteiger partial charge in [0.05, 0.1) is 17.5 Å². The molecular weight excluding hydrogens is 380 g/mol. The Labute approximate surface area is 178 Å². The van der Waals surface area contributed by atoms with Crippen LogP contribution in [-0.2, 0) is 18.2 Å². The normalized spacial score (nSPS) is 16.9. The van der Waals surface area contributed by atoms with Crippen LogP contribution in [0.25, 0.3) is 0 Å². The summed E-state index contributed by atoms with van der Waals surface area (Å²) < 4.78 is 7.24. The second kappa shape index (κ2) is 9.32. The second-order valence-electron chi connectivity index (χ2n) is 8.94. The van der Waals surface area contributed by atoms with Crippen LogP contribution in [0.15, 0.2) is 36.5 Å². The van der Waals surface area contributed by atoms with Gasteiger partial charge in [-0.3, -0.25) is 9.48 Å². The van der Waals surface area contributed by atoms with Crippen LogP contribution < -0.4 is 5.32 Å². The Hall–Kier alpha value is -2.83. The van der Waals surface area contributed by atoms with Crippen molar-refractivity contribution in [2.24, 2.45) is 13.0 Å². The molecule has 1 aliphatic rings.